The van der Waals surface area contributed by atoms with Crippen LogP contribution < -0.4 is 5.32 Å². The van der Waals surface area contributed by atoms with Gasteiger partial charge in [0.1, 0.15) is 6.54 Å². The number of nitrogens with zero attached hydrogens (tertiary/aromatic N) is 1. The van der Waals surface area contributed by atoms with Crippen LogP contribution in [0, 0.1) is 0 Å². The Hall–Kier alpha value is -0.910. The maximum atomic E-state index is 12.2. The normalized spacial score (nSPS) is 23.2. The van der Waals surface area contributed by atoms with Crippen LogP contribution in [0.4, 0.5) is 4.79 Å². The third-order valence-electron chi connectivity index (χ3n) is 3.39. The molecule has 6 heteroatoms. The van der Waals surface area contributed by atoms with Gasteiger partial charge in [-0.25, -0.2) is 4.79 Å². The lowest BCUT2D eigenvalue weighted by molar-refractivity contribution is -0.138. The number of aliphatic carboxylic acids is 1. The predicted octanol–water partition coefficient (Wildman–Crippen LogP) is 2.17. The maximum Gasteiger partial charge on any atom is 0.323 e. The summed E-state index contributed by atoms with van der Waals surface area (Å²) in [6.07, 6.45) is 5.14. The van der Waals surface area contributed by atoms with Gasteiger partial charge in [-0.2, -0.15) is 11.8 Å². The minimum absolute atomic E-state index is 0.170. The highest BCUT2D eigenvalue weighted by molar-refractivity contribution is 7.99. The molecular weight excluding hydrogens is 264 g/mol. The number of carboxylic acid groups (broad SMARTS) is 1. The summed E-state index contributed by atoms with van der Waals surface area (Å²) < 4.78 is 0. The van der Waals surface area contributed by atoms with Gasteiger partial charge in [0.15, 0.2) is 0 Å². The van der Waals surface area contributed by atoms with E-state index in [1.54, 1.807) is 0 Å². The van der Waals surface area contributed by atoms with Crippen LogP contribution in [0.2, 0.25) is 0 Å². The molecule has 2 N–H and O–H groups in total. The van der Waals surface area contributed by atoms with Crippen LogP contribution in [0.15, 0.2) is 0 Å². The minimum Gasteiger partial charge on any atom is -0.480 e. The average Bonchev–Trinajstić information content (AvgIpc) is 2.71. The SMILES string of the molecule is CSC1CCC(NC(=O)N(CC(=O)O)C(C)(C)C)C1. The molecule has 1 aliphatic carbocycles. The summed E-state index contributed by atoms with van der Waals surface area (Å²) >= 11 is 1.83. The lowest BCUT2D eigenvalue weighted by Crippen LogP contribution is -2.54. The smallest absolute Gasteiger partial charge is 0.323 e. The van der Waals surface area contributed by atoms with Crippen LogP contribution in [-0.4, -0.2) is 51.6 Å². The van der Waals surface area contributed by atoms with E-state index in [2.05, 4.69) is 11.6 Å². The minimum atomic E-state index is -0.988. The molecule has 5 nitrogen and oxygen atoms in total. The first kappa shape index (κ1) is 16.1. The Bertz CT molecular complexity index is 341. The fourth-order valence-electron chi connectivity index (χ4n) is 2.29. The van der Waals surface area contributed by atoms with Gasteiger partial charge in [0.25, 0.3) is 0 Å². The van der Waals surface area contributed by atoms with Crippen molar-refractivity contribution in [2.45, 2.75) is 56.9 Å². The van der Waals surface area contributed by atoms with Gasteiger partial charge in [-0.05, 0) is 46.3 Å². The van der Waals surface area contributed by atoms with E-state index in [9.17, 15) is 9.59 Å². The second kappa shape index (κ2) is 6.50. The Morgan fingerprint density at radius 3 is 2.42 bits per heavy atom. The number of rotatable bonds is 4. The molecule has 0 aromatic rings. The van der Waals surface area contributed by atoms with E-state index >= 15 is 0 Å². The van der Waals surface area contributed by atoms with Crippen LogP contribution in [0.3, 0.4) is 0 Å². The molecule has 0 saturated heterocycles. The second-order valence-electron chi connectivity index (χ2n) is 5.97. The molecule has 0 aliphatic heterocycles. The summed E-state index contributed by atoms with van der Waals surface area (Å²) in [4.78, 5) is 24.5. The number of thioether (sulfide) groups is 1. The van der Waals surface area contributed by atoms with Crippen molar-refractivity contribution in [1.29, 1.82) is 0 Å². The number of carbonyl (C=O) groups is 2. The van der Waals surface area contributed by atoms with Crippen LogP contribution >= 0.6 is 11.8 Å². The van der Waals surface area contributed by atoms with Crippen molar-refractivity contribution in [3.05, 3.63) is 0 Å². The van der Waals surface area contributed by atoms with E-state index in [0.29, 0.717) is 5.25 Å². The van der Waals surface area contributed by atoms with E-state index in [1.807, 2.05) is 32.5 Å². The quantitative estimate of drug-likeness (QED) is 0.832. The fraction of sp³-hybridized carbons (Fsp3) is 0.846. The number of amides is 2. The zero-order valence-corrected chi connectivity index (χ0v) is 12.9. The van der Waals surface area contributed by atoms with Gasteiger partial charge in [0.05, 0.1) is 0 Å². The molecule has 1 fully saturated rings. The van der Waals surface area contributed by atoms with Gasteiger partial charge in [0.2, 0.25) is 0 Å². The van der Waals surface area contributed by atoms with Gasteiger partial charge in [-0.15, -0.1) is 0 Å². The molecule has 1 saturated carbocycles. The number of carbonyl (C=O) groups excluding carboxylic acids is 1. The molecule has 0 radical (unpaired) electrons. The van der Waals surface area contributed by atoms with E-state index < -0.39 is 11.5 Å². The van der Waals surface area contributed by atoms with Crippen molar-refractivity contribution < 1.29 is 14.7 Å². The zero-order valence-electron chi connectivity index (χ0n) is 12.1. The maximum absolute atomic E-state index is 12.2. The first-order chi connectivity index (χ1) is 8.74. The molecule has 0 aromatic heterocycles. The highest BCUT2D eigenvalue weighted by Crippen LogP contribution is 2.28. The number of carboxylic acids is 1. The highest BCUT2D eigenvalue weighted by atomic mass is 32.2. The van der Waals surface area contributed by atoms with Gasteiger partial charge in [-0.3, -0.25) is 4.79 Å². The van der Waals surface area contributed by atoms with E-state index in [1.165, 1.54) is 4.90 Å². The Labute approximate surface area is 119 Å². The first-order valence-corrected chi connectivity index (χ1v) is 7.85. The summed E-state index contributed by atoms with van der Waals surface area (Å²) in [6.45, 7) is 5.26. The van der Waals surface area contributed by atoms with Gasteiger partial charge < -0.3 is 15.3 Å². The fourth-order valence-corrected chi connectivity index (χ4v) is 3.08. The number of hydrogen-bond donors (Lipinski definition) is 2. The Kier molecular flexibility index (Phi) is 5.52. The van der Waals surface area contributed by atoms with E-state index in [4.69, 9.17) is 5.11 Å². The number of nitrogens with one attached hydrogen (secondary N) is 1. The molecule has 1 aliphatic rings. The molecule has 0 heterocycles. The molecule has 2 atom stereocenters. The third kappa shape index (κ3) is 4.93. The van der Waals surface area contributed by atoms with Crippen molar-refractivity contribution in [2.24, 2.45) is 0 Å². The topological polar surface area (TPSA) is 69.6 Å². The molecule has 0 spiro atoms. The van der Waals surface area contributed by atoms with Crippen LogP contribution in [0.5, 0.6) is 0 Å². The van der Waals surface area contributed by atoms with Crippen LogP contribution in [0.25, 0.3) is 0 Å². The number of urea groups is 1. The zero-order chi connectivity index (χ0) is 14.6. The van der Waals surface area contributed by atoms with E-state index in [-0.39, 0.29) is 18.6 Å². The molecule has 0 bridgehead atoms. The molecule has 19 heavy (non-hydrogen) atoms. The van der Waals surface area contributed by atoms with Crippen molar-refractivity contribution in [2.75, 3.05) is 12.8 Å². The standard InChI is InChI=1S/C13H24N2O3S/c1-13(2,3)15(8-11(16)17)12(18)14-9-5-6-10(7-9)19-4/h9-10H,5-8H2,1-4H3,(H,14,18)(H,16,17). The largest absolute Gasteiger partial charge is 0.480 e. The molecule has 2 amide bonds. The third-order valence-corrected chi connectivity index (χ3v) is 4.49. The van der Waals surface area contributed by atoms with Crippen LogP contribution in [-0.2, 0) is 4.79 Å². The predicted molar refractivity (Wildman–Crippen MR) is 77.6 cm³/mol. The lowest BCUT2D eigenvalue weighted by Gasteiger charge is -2.35. The first-order valence-electron chi connectivity index (χ1n) is 6.56. The van der Waals surface area contributed by atoms with Crippen LogP contribution in [0.1, 0.15) is 40.0 Å². The summed E-state index contributed by atoms with van der Waals surface area (Å²) in [7, 11) is 0. The van der Waals surface area contributed by atoms with Crippen molar-refractivity contribution in [1.82, 2.24) is 10.2 Å². The van der Waals surface area contributed by atoms with Crippen molar-refractivity contribution in [3.63, 3.8) is 0 Å². The van der Waals surface area contributed by atoms with Gasteiger partial charge in [0, 0.05) is 16.8 Å². The summed E-state index contributed by atoms with van der Waals surface area (Å²) in [5, 5.41) is 12.5. The highest BCUT2D eigenvalue weighted by Gasteiger charge is 2.32. The Morgan fingerprint density at radius 2 is 2.00 bits per heavy atom. The molecular formula is C13H24N2O3S. The van der Waals surface area contributed by atoms with Gasteiger partial charge >= 0.3 is 12.0 Å². The van der Waals surface area contributed by atoms with Crippen molar-refractivity contribution >= 4 is 23.8 Å². The summed E-state index contributed by atoms with van der Waals surface area (Å²) in [5.41, 5.74) is -0.500. The molecule has 0 aromatic carbocycles. The molecule has 1 rings (SSSR count). The second-order valence-corrected chi connectivity index (χ2v) is 7.11. The number of hydrogen-bond acceptors (Lipinski definition) is 3. The Balaban J connectivity index is 2.60. The van der Waals surface area contributed by atoms with Gasteiger partial charge in [-0.1, -0.05) is 0 Å². The van der Waals surface area contributed by atoms with E-state index in [0.717, 1.165) is 19.3 Å². The summed E-state index contributed by atoms with van der Waals surface area (Å²) in [6, 6.07) is -0.106. The lowest BCUT2D eigenvalue weighted by atomic mass is 10.1. The average molecular weight is 288 g/mol. The molecule has 2 unspecified atom stereocenters. The van der Waals surface area contributed by atoms with Crippen molar-refractivity contribution in [3.8, 4) is 0 Å². The monoisotopic (exact) mass is 288 g/mol. The Morgan fingerprint density at radius 1 is 1.37 bits per heavy atom. The summed E-state index contributed by atoms with van der Waals surface area (Å²) in [5.74, 6) is -0.988. The molecule has 110 valence electrons.